The Morgan fingerprint density at radius 1 is 1.36 bits per heavy atom. The molecule has 0 radical (unpaired) electrons. The molecular formula is C15H14FN5O. The third kappa shape index (κ3) is 2.15. The first kappa shape index (κ1) is 14.3. The SMILES string of the molecule is Cc1c(F)cncc1C1=c2ncccc2=NC(C(N)=O)[C@H]1N. The van der Waals surface area contributed by atoms with Gasteiger partial charge < -0.3 is 11.5 Å². The molecule has 6 nitrogen and oxygen atoms in total. The lowest BCUT2D eigenvalue weighted by atomic mass is 9.89. The fourth-order valence-electron chi connectivity index (χ4n) is 2.57. The lowest BCUT2D eigenvalue weighted by Crippen LogP contribution is -2.52. The van der Waals surface area contributed by atoms with E-state index in [0.29, 0.717) is 27.4 Å². The molecule has 0 bridgehead atoms. The van der Waals surface area contributed by atoms with E-state index in [4.69, 9.17) is 11.5 Å². The van der Waals surface area contributed by atoms with Crippen LogP contribution < -0.4 is 22.2 Å². The van der Waals surface area contributed by atoms with Gasteiger partial charge in [0.05, 0.1) is 22.9 Å². The minimum Gasteiger partial charge on any atom is -0.368 e. The average Bonchev–Trinajstić information content (AvgIpc) is 2.50. The number of aromatic nitrogens is 2. The van der Waals surface area contributed by atoms with Crippen LogP contribution in [-0.2, 0) is 4.79 Å². The van der Waals surface area contributed by atoms with Crippen molar-refractivity contribution in [3.63, 3.8) is 0 Å². The van der Waals surface area contributed by atoms with Crippen LogP contribution in [0.1, 0.15) is 11.1 Å². The lowest BCUT2D eigenvalue weighted by Gasteiger charge is -2.24. The smallest absolute Gasteiger partial charge is 0.244 e. The largest absolute Gasteiger partial charge is 0.368 e. The second kappa shape index (κ2) is 5.27. The molecule has 2 aromatic heterocycles. The molecule has 1 amide bonds. The molecule has 0 saturated heterocycles. The van der Waals surface area contributed by atoms with E-state index < -0.39 is 23.8 Å². The van der Waals surface area contributed by atoms with Gasteiger partial charge in [-0.2, -0.15) is 0 Å². The molecule has 0 aromatic carbocycles. The van der Waals surface area contributed by atoms with Gasteiger partial charge in [0.25, 0.3) is 0 Å². The molecule has 112 valence electrons. The first-order valence-corrected chi connectivity index (χ1v) is 6.69. The highest BCUT2D eigenvalue weighted by atomic mass is 19.1. The zero-order valence-corrected chi connectivity index (χ0v) is 11.8. The van der Waals surface area contributed by atoms with Gasteiger partial charge >= 0.3 is 0 Å². The Bertz CT molecular complexity index is 880. The number of primary amides is 1. The van der Waals surface area contributed by atoms with Gasteiger partial charge in [-0.15, -0.1) is 0 Å². The second-order valence-electron chi connectivity index (χ2n) is 5.08. The molecule has 2 aromatic rings. The Kier molecular flexibility index (Phi) is 3.42. The molecule has 4 N–H and O–H groups in total. The Morgan fingerprint density at radius 2 is 2.14 bits per heavy atom. The van der Waals surface area contributed by atoms with E-state index in [0.717, 1.165) is 6.20 Å². The van der Waals surface area contributed by atoms with Gasteiger partial charge in [0.2, 0.25) is 5.91 Å². The summed E-state index contributed by atoms with van der Waals surface area (Å²) in [7, 11) is 0. The summed E-state index contributed by atoms with van der Waals surface area (Å²) in [6.45, 7) is 1.62. The van der Waals surface area contributed by atoms with Gasteiger partial charge in [0.1, 0.15) is 11.9 Å². The van der Waals surface area contributed by atoms with Crippen LogP contribution in [0, 0.1) is 12.7 Å². The van der Waals surface area contributed by atoms with E-state index in [1.807, 2.05) is 0 Å². The van der Waals surface area contributed by atoms with Gasteiger partial charge in [-0.05, 0) is 24.6 Å². The highest BCUT2D eigenvalue weighted by Gasteiger charge is 2.31. The summed E-state index contributed by atoms with van der Waals surface area (Å²) in [5.41, 5.74) is 13.0. The molecule has 0 fully saturated rings. The number of nitrogens with two attached hydrogens (primary N) is 2. The molecule has 1 aliphatic heterocycles. The highest BCUT2D eigenvalue weighted by Crippen LogP contribution is 2.22. The average molecular weight is 299 g/mol. The Morgan fingerprint density at radius 3 is 2.86 bits per heavy atom. The van der Waals surface area contributed by atoms with Crippen molar-refractivity contribution < 1.29 is 9.18 Å². The van der Waals surface area contributed by atoms with Crippen LogP contribution >= 0.6 is 0 Å². The van der Waals surface area contributed by atoms with Gasteiger partial charge in [-0.3, -0.25) is 19.8 Å². The Hall–Kier alpha value is -2.67. The van der Waals surface area contributed by atoms with Crippen molar-refractivity contribution in [3.05, 3.63) is 58.4 Å². The van der Waals surface area contributed by atoms with Crippen LogP contribution in [0.3, 0.4) is 0 Å². The predicted molar refractivity (Wildman–Crippen MR) is 77.4 cm³/mol. The molecular weight excluding hydrogens is 285 g/mol. The van der Waals surface area contributed by atoms with Crippen molar-refractivity contribution >= 4 is 11.5 Å². The summed E-state index contributed by atoms with van der Waals surface area (Å²) < 4.78 is 13.8. The molecule has 7 heteroatoms. The third-order valence-electron chi connectivity index (χ3n) is 3.73. The van der Waals surface area contributed by atoms with Crippen LogP contribution in [-0.4, -0.2) is 28.0 Å². The second-order valence-corrected chi connectivity index (χ2v) is 5.08. The summed E-state index contributed by atoms with van der Waals surface area (Å²) in [4.78, 5) is 24.0. The first-order chi connectivity index (χ1) is 10.5. The van der Waals surface area contributed by atoms with E-state index in [9.17, 15) is 9.18 Å². The van der Waals surface area contributed by atoms with Crippen molar-refractivity contribution in [2.45, 2.75) is 19.0 Å². The van der Waals surface area contributed by atoms with Gasteiger partial charge in [-0.1, -0.05) is 0 Å². The lowest BCUT2D eigenvalue weighted by molar-refractivity contribution is -0.119. The van der Waals surface area contributed by atoms with Crippen LogP contribution in [0.15, 0.2) is 35.7 Å². The highest BCUT2D eigenvalue weighted by molar-refractivity contribution is 5.86. The third-order valence-corrected chi connectivity index (χ3v) is 3.73. The van der Waals surface area contributed by atoms with E-state index in [1.165, 1.54) is 6.20 Å². The van der Waals surface area contributed by atoms with E-state index >= 15 is 0 Å². The van der Waals surface area contributed by atoms with Gasteiger partial charge in [0, 0.05) is 23.5 Å². The summed E-state index contributed by atoms with van der Waals surface area (Å²) in [6, 6.07) is 1.69. The summed E-state index contributed by atoms with van der Waals surface area (Å²) in [5, 5.41) is 1.02. The van der Waals surface area contributed by atoms with Crippen molar-refractivity contribution in [3.8, 4) is 0 Å². The molecule has 22 heavy (non-hydrogen) atoms. The predicted octanol–water partition coefficient (Wildman–Crippen LogP) is -1.06. The number of rotatable bonds is 2. The standard InChI is InChI=1S/C15H14FN5O/c1-7-8(5-19-6-9(7)16)11-12(17)14(15(18)22)21-10-3-2-4-20-13(10)11/h2-6,12,14H,17H2,1H3,(H2,18,22)/t12-,14?/m0/s1. The molecule has 1 aliphatic rings. The summed E-state index contributed by atoms with van der Waals surface area (Å²) in [6.07, 6.45) is 4.23. The molecule has 3 heterocycles. The maximum absolute atomic E-state index is 13.8. The number of fused-ring (bicyclic) bond motifs is 1. The topological polar surface area (TPSA) is 107 Å². The Labute approximate surface area is 125 Å². The maximum Gasteiger partial charge on any atom is 0.244 e. The summed E-state index contributed by atoms with van der Waals surface area (Å²) >= 11 is 0. The van der Waals surface area contributed by atoms with Crippen molar-refractivity contribution in [2.24, 2.45) is 16.5 Å². The molecule has 2 atom stereocenters. The minimum absolute atomic E-state index is 0.391. The number of amides is 1. The number of carbonyl (C=O) groups excluding carboxylic acids is 1. The first-order valence-electron chi connectivity index (χ1n) is 6.69. The number of halogens is 1. The zero-order chi connectivity index (χ0) is 15.9. The maximum atomic E-state index is 13.8. The minimum atomic E-state index is -0.922. The van der Waals surface area contributed by atoms with Gasteiger partial charge in [0.15, 0.2) is 0 Å². The van der Waals surface area contributed by atoms with Crippen LogP contribution in [0.4, 0.5) is 4.39 Å². The number of nitrogens with zero attached hydrogens (tertiary/aromatic N) is 3. The quantitative estimate of drug-likeness (QED) is 0.736. The zero-order valence-electron chi connectivity index (χ0n) is 11.8. The monoisotopic (exact) mass is 299 g/mol. The van der Waals surface area contributed by atoms with Gasteiger partial charge in [-0.25, -0.2) is 4.39 Å². The fourth-order valence-corrected chi connectivity index (χ4v) is 2.57. The molecule has 0 saturated carbocycles. The number of pyridine rings is 2. The number of carbonyl (C=O) groups is 1. The van der Waals surface area contributed by atoms with Crippen molar-refractivity contribution in [2.75, 3.05) is 0 Å². The van der Waals surface area contributed by atoms with Crippen molar-refractivity contribution in [1.29, 1.82) is 0 Å². The molecule has 3 rings (SSSR count). The molecule has 0 aliphatic carbocycles. The Balaban J connectivity index is 2.39. The van der Waals surface area contributed by atoms with E-state index in [1.54, 1.807) is 25.3 Å². The van der Waals surface area contributed by atoms with Crippen LogP contribution in [0.25, 0.3) is 5.57 Å². The van der Waals surface area contributed by atoms with E-state index in [-0.39, 0.29) is 0 Å². The van der Waals surface area contributed by atoms with Crippen molar-refractivity contribution in [1.82, 2.24) is 9.97 Å². The number of hydrogen-bond acceptors (Lipinski definition) is 5. The molecule has 0 spiro atoms. The fraction of sp³-hybridized carbons (Fsp3) is 0.200. The van der Waals surface area contributed by atoms with Crippen LogP contribution in [0.2, 0.25) is 0 Å². The van der Waals surface area contributed by atoms with E-state index in [2.05, 4.69) is 15.0 Å². The summed E-state index contributed by atoms with van der Waals surface area (Å²) in [5.74, 6) is -1.09. The number of hydrogen-bond donors (Lipinski definition) is 2. The normalized spacial score (nSPS) is 20.2. The van der Waals surface area contributed by atoms with Crippen LogP contribution in [0.5, 0.6) is 0 Å². The molecule has 1 unspecified atom stereocenters.